The van der Waals surface area contributed by atoms with E-state index in [0.717, 1.165) is 96.3 Å². The van der Waals surface area contributed by atoms with E-state index in [1.807, 2.05) is 0 Å². The third kappa shape index (κ3) is 65.5. The number of hydrogen-bond donors (Lipinski definition) is 0. The standard InChI is InChI=1S/C73H130O6/c1-4-7-10-13-16-19-21-23-25-27-29-31-32-33-34-35-36-37-38-39-40-42-43-45-47-49-51-54-57-60-63-66-72(75)78-69-70(68-77-71(74)65-62-59-56-53-18-15-12-9-6-3)79-73(76)67-64-61-58-55-52-50-48-46-44-41-30-28-26-24-22-20-17-14-11-8-5-2/h8,11,17,20-21,23-24,26-27,29-30,41,70H,4-7,9-10,12-16,18-19,22,25,28,31-40,42-69H2,1-3H3/b11-8-,20-17-,23-21-,26-24-,29-27-,41-30-. The minimum absolute atomic E-state index is 0.0744. The van der Waals surface area contributed by atoms with Crippen molar-refractivity contribution in [3.8, 4) is 0 Å². The number of rotatable bonds is 63. The molecule has 0 aromatic heterocycles. The Labute approximate surface area is 491 Å². The van der Waals surface area contributed by atoms with E-state index < -0.39 is 6.10 Å². The Morgan fingerprint density at radius 3 is 0.772 bits per heavy atom. The molecule has 0 aromatic rings. The van der Waals surface area contributed by atoms with Gasteiger partial charge in [-0.15, -0.1) is 0 Å². The lowest BCUT2D eigenvalue weighted by Gasteiger charge is -2.18. The zero-order valence-electron chi connectivity index (χ0n) is 52.6. The maximum atomic E-state index is 12.9. The van der Waals surface area contributed by atoms with Crippen molar-refractivity contribution in [2.75, 3.05) is 13.2 Å². The highest BCUT2D eigenvalue weighted by atomic mass is 16.6. The Hall–Kier alpha value is -3.15. The SMILES string of the molecule is CC/C=C\C/C=C\C/C=C\C/C=C\CCCCCCCCCCC(=O)OC(COC(=O)CCCCCCCCCCC)COC(=O)CCCCCCCCCCCCCCCCCCCCC/C=C\C/C=C\CCCCCCC. The Kier molecular flexibility index (Phi) is 64.7. The van der Waals surface area contributed by atoms with Gasteiger partial charge in [0.05, 0.1) is 0 Å². The highest BCUT2D eigenvalue weighted by molar-refractivity contribution is 5.71. The van der Waals surface area contributed by atoms with Gasteiger partial charge in [0.1, 0.15) is 13.2 Å². The molecule has 0 saturated heterocycles. The second kappa shape index (κ2) is 67.4. The predicted octanol–water partition coefficient (Wildman–Crippen LogP) is 23.7. The number of carbonyl (C=O) groups excluding carboxylic acids is 3. The van der Waals surface area contributed by atoms with Gasteiger partial charge in [0.2, 0.25) is 0 Å². The number of unbranched alkanes of at least 4 members (excludes halogenated alkanes) is 40. The van der Waals surface area contributed by atoms with Gasteiger partial charge in [-0.1, -0.05) is 318 Å². The van der Waals surface area contributed by atoms with Crippen LogP contribution in [0.2, 0.25) is 0 Å². The van der Waals surface area contributed by atoms with Crippen LogP contribution in [-0.4, -0.2) is 37.2 Å². The fraction of sp³-hybridized carbons (Fsp3) is 0.795. The summed E-state index contributed by atoms with van der Waals surface area (Å²) in [5, 5.41) is 0. The lowest BCUT2D eigenvalue weighted by Crippen LogP contribution is -2.30. The Balaban J connectivity index is 4.11. The van der Waals surface area contributed by atoms with E-state index in [2.05, 4.69) is 93.7 Å². The minimum atomic E-state index is -0.777. The molecular formula is C73H130O6. The average Bonchev–Trinajstić information content (AvgIpc) is 3.45. The van der Waals surface area contributed by atoms with Crippen LogP contribution in [-0.2, 0) is 28.6 Å². The molecule has 0 spiro atoms. The largest absolute Gasteiger partial charge is 0.462 e. The fourth-order valence-electron chi connectivity index (χ4n) is 10.1. The van der Waals surface area contributed by atoms with Crippen LogP contribution in [0.1, 0.15) is 355 Å². The highest BCUT2D eigenvalue weighted by Gasteiger charge is 2.19. The molecule has 0 fully saturated rings. The van der Waals surface area contributed by atoms with Gasteiger partial charge in [-0.05, 0) is 89.9 Å². The maximum Gasteiger partial charge on any atom is 0.306 e. The van der Waals surface area contributed by atoms with E-state index in [0.29, 0.717) is 19.3 Å². The lowest BCUT2D eigenvalue weighted by molar-refractivity contribution is -0.167. The third-order valence-electron chi connectivity index (χ3n) is 15.2. The lowest BCUT2D eigenvalue weighted by atomic mass is 10.0. The molecule has 0 aliphatic rings. The monoisotopic (exact) mass is 1100 g/mol. The van der Waals surface area contributed by atoms with Crippen molar-refractivity contribution in [3.63, 3.8) is 0 Å². The van der Waals surface area contributed by atoms with Crippen LogP contribution >= 0.6 is 0 Å². The van der Waals surface area contributed by atoms with Crippen molar-refractivity contribution >= 4 is 17.9 Å². The summed E-state index contributed by atoms with van der Waals surface area (Å²) < 4.78 is 16.9. The van der Waals surface area contributed by atoms with Gasteiger partial charge in [-0.3, -0.25) is 14.4 Å². The van der Waals surface area contributed by atoms with Gasteiger partial charge in [0.25, 0.3) is 0 Å². The normalized spacial score (nSPS) is 12.5. The molecule has 458 valence electrons. The van der Waals surface area contributed by atoms with Gasteiger partial charge < -0.3 is 14.2 Å². The molecule has 0 bridgehead atoms. The van der Waals surface area contributed by atoms with Gasteiger partial charge in [-0.25, -0.2) is 0 Å². The summed E-state index contributed by atoms with van der Waals surface area (Å²) in [6.45, 7) is 6.53. The molecule has 0 aliphatic heterocycles. The summed E-state index contributed by atoms with van der Waals surface area (Å²) >= 11 is 0. The van der Waals surface area contributed by atoms with E-state index in [9.17, 15) is 14.4 Å². The first-order chi connectivity index (χ1) is 39.0. The van der Waals surface area contributed by atoms with Crippen molar-refractivity contribution < 1.29 is 28.6 Å². The molecule has 1 unspecified atom stereocenters. The first kappa shape index (κ1) is 75.8. The topological polar surface area (TPSA) is 78.9 Å². The van der Waals surface area contributed by atoms with Crippen LogP contribution in [0.25, 0.3) is 0 Å². The maximum absolute atomic E-state index is 12.9. The summed E-state index contributed by atoms with van der Waals surface area (Å²) in [4.78, 5) is 38.2. The quantitative estimate of drug-likeness (QED) is 0.0261. The molecule has 0 heterocycles. The van der Waals surface area contributed by atoms with E-state index in [1.54, 1.807) is 0 Å². The fourth-order valence-corrected chi connectivity index (χ4v) is 10.1. The summed E-state index contributed by atoms with van der Waals surface area (Å²) in [5.41, 5.74) is 0. The van der Waals surface area contributed by atoms with Crippen molar-refractivity contribution in [2.24, 2.45) is 0 Å². The first-order valence-corrected chi connectivity index (χ1v) is 34.4. The van der Waals surface area contributed by atoms with Crippen molar-refractivity contribution in [2.45, 2.75) is 361 Å². The summed E-state index contributed by atoms with van der Waals surface area (Å²) in [6.07, 6.45) is 88.0. The molecule has 79 heavy (non-hydrogen) atoms. The van der Waals surface area contributed by atoms with Gasteiger partial charge in [0.15, 0.2) is 6.10 Å². The summed E-state index contributed by atoms with van der Waals surface area (Å²) in [6, 6.07) is 0. The van der Waals surface area contributed by atoms with Crippen LogP contribution in [0, 0.1) is 0 Å². The van der Waals surface area contributed by atoms with E-state index >= 15 is 0 Å². The Morgan fingerprint density at radius 1 is 0.266 bits per heavy atom. The van der Waals surface area contributed by atoms with Crippen LogP contribution in [0.5, 0.6) is 0 Å². The molecule has 1 atom stereocenters. The minimum Gasteiger partial charge on any atom is -0.462 e. The van der Waals surface area contributed by atoms with Crippen LogP contribution < -0.4 is 0 Å². The Morgan fingerprint density at radius 2 is 0.494 bits per heavy atom. The Bertz CT molecular complexity index is 1450. The van der Waals surface area contributed by atoms with E-state index in [4.69, 9.17) is 14.2 Å². The molecule has 6 heteroatoms. The summed E-state index contributed by atoms with van der Waals surface area (Å²) in [5.74, 6) is -0.867. The van der Waals surface area contributed by atoms with Crippen molar-refractivity contribution in [1.82, 2.24) is 0 Å². The van der Waals surface area contributed by atoms with Gasteiger partial charge >= 0.3 is 17.9 Å². The molecule has 0 radical (unpaired) electrons. The smallest absolute Gasteiger partial charge is 0.306 e. The molecule has 0 amide bonds. The predicted molar refractivity (Wildman–Crippen MR) is 344 cm³/mol. The van der Waals surface area contributed by atoms with Gasteiger partial charge in [0, 0.05) is 19.3 Å². The number of esters is 3. The number of ether oxygens (including phenoxy) is 3. The molecule has 0 aliphatic carbocycles. The molecule has 0 saturated carbocycles. The zero-order chi connectivity index (χ0) is 57.1. The second-order valence-corrected chi connectivity index (χ2v) is 23.1. The zero-order valence-corrected chi connectivity index (χ0v) is 52.6. The van der Waals surface area contributed by atoms with Crippen molar-refractivity contribution in [1.29, 1.82) is 0 Å². The molecular weight excluding hydrogens is 973 g/mol. The van der Waals surface area contributed by atoms with Crippen LogP contribution in [0.3, 0.4) is 0 Å². The number of hydrogen-bond acceptors (Lipinski definition) is 6. The molecule has 0 N–H and O–H groups in total. The highest BCUT2D eigenvalue weighted by Crippen LogP contribution is 2.18. The first-order valence-electron chi connectivity index (χ1n) is 34.4. The molecule has 0 rings (SSSR count). The van der Waals surface area contributed by atoms with Crippen LogP contribution in [0.4, 0.5) is 0 Å². The molecule has 6 nitrogen and oxygen atoms in total. The van der Waals surface area contributed by atoms with Crippen molar-refractivity contribution in [3.05, 3.63) is 72.9 Å². The van der Waals surface area contributed by atoms with Crippen LogP contribution in [0.15, 0.2) is 72.9 Å². The number of carbonyl (C=O) groups is 3. The van der Waals surface area contributed by atoms with E-state index in [-0.39, 0.29) is 31.1 Å². The second-order valence-electron chi connectivity index (χ2n) is 23.1. The third-order valence-corrected chi connectivity index (χ3v) is 15.2. The van der Waals surface area contributed by atoms with Gasteiger partial charge in [-0.2, -0.15) is 0 Å². The summed E-state index contributed by atoms with van der Waals surface area (Å²) in [7, 11) is 0. The van der Waals surface area contributed by atoms with E-state index in [1.165, 1.54) is 218 Å². The molecule has 0 aromatic carbocycles. The number of allylic oxidation sites excluding steroid dienone is 12. The average molecular weight is 1100 g/mol.